The summed E-state index contributed by atoms with van der Waals surface area (Å²) in [5.41, 5.74) is 3.55. The quantitative estimate of drug-likeness (QED) is 0.583. The third-order valence-electron chi connectivity index (χ3n) is 7.97. The SMILES string of the molecule is CCCN(CC(=O)O)C(=O)C1(NC(=O)OCC2c3ccccc3-c3ccccc32)CC2(CCC2)C1. The Morgan fingerprint density at radius 3 is 2.14 bits per heavy atom. The highest BCUT2D eigenvalue weighted by Gasteiger charge is 2.62. The zero-order chi connectivity index (χ0) is 24.6. The number of hydrogen-bond donors (Lipinski definition) is 2. The van der Waals surface area contributed by atoms with Crippen molar-refractivity contribution in [2.75, 3.05) is 19.7 Å². The van der Waals surface area contributed by atoms with Gasteiger partial charge in [0.15, 0.2) is 0 Å². The lowest BCUT2D eigenvalue weighted by Crippen LogP contribution is -2.71. The van der Waals surface area contributed by atoms with Crippen LogP contribution < -0.4 is 5.32 Å². The van der Waals surface area contributed by atoms with E-state index in [-0.39, 0.29) is 30.4 Å². The van der Waals surface area contributed by atoms with E-state index in [0.717, 1.165) is 41.5 Å². The van der Waals surface area contributed by atoms with Crippen molar-refractivity contribution in [3.8, 4) is 11.1 Å². The Morgan fingerprint density at radius 1 is 1.03 bits per heavy atom. The molecule has 0 aromatic heterocycles. The average Bonchev–Trinajstić information content (AvgIpc) is 3.11. The van der Waals surface area contributed by atoms with Crippen molar-refractivity contribution in [1.29, 1.82) is 0 Å². The number of rotatable bonds is 8. The van der Waals surface area contributed by atoms with Crippen molar-refractivity contribution >= 4 is 18.0 Å². The van der Waals surface area contributed by atoms with Crippen LogP contribution >= 0.6 is 0 Å². The number of aliphatic carboxylic acids is 1. The lowest BCUT2D eigenvalue weighted by atomic mass is 9.48. The third-order valence-corrected chi connectivity index (χ3v) is 7.97. The van der Waals surface area contributed by atoms with Gasteiger partial charge in [-0.3, -0.25) is 9.59 Å². The van der Waals surface area contributed by atoms with E-state index in [4.69, 9.17) is 4.74 Å². The van der Waals surface area contributed by atoms with Crippen LogP contribution in [0.15, 0.2) is 48.5 Å². The van der Waals surface area contributed by atoms with Gasteiger partial charge < -0.3 is 20.1 Å². The lowest BCUT2D eigenvalue weighted by Gasteiger charge is -2.60. The standard InChI is InChI=1S/C28H32N2O5/c1-2-14-30(15-24(31)32)25(33)28(17-27(18-28)12-7-13-27)29-26(34)35-16-23-21-10-5-3-8-19(21)20-9-4-6-11-22(20)23/h3-6,8-11,23H,2,7,12-18H2,1H3,(H,29,34)(H,31,32). The predicted octanol–water partition coefficient (Wildman–Crippen LogP) is 4.55. The van der Waals surface area contributed by atoms with Crippen molar-refractivity contribution in [2.45, 2.75) is 56.9 Å². The lowest BCUT2D eigenvalue weighted by molar-refractivity contribution is -0.159. The number of amides is 2. The average molecular weight is 477 g/mol. The molecule has 0 heterocycles. The molecule has 0 atom stereocenters. The van der Waals surface area contributed by atoms with Crippen LogP contribution in [-0.2, 0) is 14.3 Å². The Bertz CT molecular complexity index is 1100. The molecule has 2 fully saturated rings. The maximum Gasteiger partial charge on any atom is 0.408 e. The normalized spacial score (nSPS) is 18.5. The largest absolute Gasteiger partial charge is 0.480 e. The zero-order valence-corrected chi connectivity index (χ0v) is 20.1. The van der Waals surface area contributed by atoms with Gasteiger partial charge in [0.25, 0.3) is 0 Å². The number of carbonyl (C=O) groups is 3. The summed E-state index contributed by atoms with van der Waals surface area (Å²) in [6.07, 6.45) is 4.32. The fraction of sp³-hybridized carbons (Fsp3) is 0.464. The molecule has 7 nitrogen and oxygen atoms in total. The van der Waals surface area contributed by atoms with Crippen LogP contribution in [0.25, 0.3) is 11.1 Å². The topological polar surface area (TPSA) is 95.9 Å². The van der Waals surface area contributed by atoms with E-state index in [2.05, 4.69) is 29.6 Å². The summed E-state index contributed by atoms with van der Waals surface area (Å²) < 4.78 is 5.72. The molecule has 7 heteroatoms. The number of nitrogens with zero attached hydrogens (tertiary/aromatic N) is 1. The smallest absolute Gasteiger partial charge is 0.408 e. The van der Waals surface area contributed by atoms with Crippen LogP contribution in [0.2, 0.25) is 0 Å². The van der Waals surface area contributed by atoms with E-state index in [9.17, 15) is 19.5 Å². The van der Waals surface area contributed by atoms with Crippen LogP contribution in [0.5, 0.6) is 0 Å². The van der Waals surface area contributed by atoms with Crippen molar-refractivity contribution in [1.82, 2.24) is 10.2 Å². The highest BCUT2D eigenvalue weighted by Crippen LogP contribution is 2.61. The highest BCUT2D eigenvalue weighted by molar-refractivity contribution is 5.93. The van der Waals surface area contributed by atoms with E-state index in [0.29, 0.717) is 25.8 Å². The van der Waals surface area contributed by atoms with Crippen LogP contribution in [0, 0.1) is 5.41 Å². The van der Waals surface area contributed by atoms with Crippen LogP contribution in [0.3, 0.4) is 0 Å². The van der Waals surface area contributed by atoms with Crippen molar-refractivity contribution < 1.29 is 24.2 Å². The third kappa shape index (κ3) is 4.17. The monoisotopic (exact) mass is 476 g/mol. The molecule has 0 bridgehead atoms. The summed E-state index contributed by atoms with van der Waals surface area (Å²) in [6.45, 7) is 2.05. The van der Waals surface area contributed by atoms with Gasteiger partial charge in [0, 0.05) is 12.5 Å². The molecule has 35 heavy (non-hydrogen) atoms. The number of hydrogen-bond acceptors (Lipinski definition) is 4. The van der Waals surface area contributed by atoms with Crippen molar-refractivity contribution in [3.05, 3.63) is 59.7 Å². The second-order valence-electron chi connectivity index (χ2n) is 10.4. The minimum absolute atomic E-state index is 0.0669. The molecule has 5 rings (SSSR count). The first-order valence-corrected chi connectivity index (χ1v) is 12.5. The number of carboxylic acid groups (broad SMARTS) is 1. The van der Waals surface area contributed by atoms with Gasteiger partial charge in [0.2, 0.25) is 5.91 Å². The van der Waals surface area contributed by atoms with E-state index in [1.807, 2.05) is 31.2 Å². The second-order valence-corrected chi connectivity index (χ2v) is 10.4. The first kappa shape index (κ1) is 23.4. The predicted molar refractivity (Wildman–Crippen MR) is 131 cm³/mol. The number of fused-ring (bicyclic) bond motifs is 3. The number of nitrogens with one attached hydrogen (secondary N) is 1. The Morgan fingerprint density at radius 2 is 1.63 bits per heavy atom. The molecule has 2 aromatic rings. The van der Waals surface area contributed by atoms with E-state index in [1.54, 1.807) is 0 Å². The van der Waals surface area contributed by atoms with Gasteiger partial charge in [-0.15, -0.1) is 0 Å². The van der Waals surface area contributed by atoms with Crippen LogP contribution in [0.4, 0.5) is 4.79 Å². The summed E-state index contributed by atoms with van der Waals surface area (Å²) in [7, 11) is 0. The second kappa shape index (κ2) is 9.02. The number of benzene rings is 2. The summed E-state index contributed by atoms with van der Waals surface area (Å²) in [5.74, 6) is -1.43. The minimum atomic E-state index is -1.09. The number of carboxylic acids is 1. The molecule has 2 saturated carbocycles. The van der Waals surface area contributed by atoms with Gasteiger partial charge in [-0.2, -0.15) is 0 Å². The Labute approximate surface area is 205 Å². The molecule has 3 aliphatic rings. The van der Waals surface area contributed by atoms with Crippen LogP contribution in [0.1, 0.15) is 62.5 Å². The van der Waals surface area contributed by atoms with Gasteiger partial charge in [-0.1, -0.05) is 61.9 Å². The molecular weight excluding hydrogens is 444 g/mol. The molecule has 0 saturated heterocycles. The van der Waals surface area contributed by atoms with Crippen molar-refractivity contribution in [3.63, 3.8) is 0 Å². The van der Waals surface area contributed by atoms with Gasteiger partial charge in [0.05, 0.1) is 0 Å². The maximum absolute atomic E-state index is 13.5. The van der Waals surface area contributed by atoms with Crippen molar-refractivity contribution in [2.24, 2.45) is 5.41 Å². The molecule has 2 N–H and O–H groups in total. The summed E-state index contributed by atoms with van der Waals surface area (Å²) in [6, 6.07) is 16.3. The number of carbonyl (C=O) groups excluding carboxylic acids is 2. The first-order chi connectivity index (χ1) is 16.9. The van der Waals surface area contributed by atoms with Gasteiger partial charge >= 0.3 is 12.1 Å². The summed E-state index contributed by atoms with van der Waals surface area (Å²) in [4.78, 5) is 39.3. The molecule has 3 aliphatic carbocycles. The Hall–Kier alpha value is -3.35. The van der Waals surface area contributed by atoms with E-state index >= 15 is 0 Å². The summed E-state index contributed by atoms with van der Waals surface area (Å²) >= 11 is 0. The number of ether oxygens (including phenoxy) is 1. The van der Waals surface area contributed by atoms with Gasteiger partial charge in [0.1, 0.15) is 18.7 Å². The summed E-state index contributed by atoms with van der Waals surface area (Å²) in [5, 5.41) is 12.2. The number of alkyl carbamates (subject to hydrolysis) is 1. The molecule has 0 radical (unpaired) electrons. The molecule has 0 unspecified atom stereocenters. The van der Waals surface area contributed by atoms with Gasteiger partial charge in [-0.25, -0.2) is 4.79 Å². The fourth-order valence-electron chi connectivity index (χ4n) is 6.37. The van der Waals surface area contributed by atoms with Gasteiger partial charge in [-0.05, 0) is 59.8 Å². The molecule has 0 aliphatic heterocycles. The zero-order valence-electron chi connectivity index (χ0n) is 20.1. The molecule has 1 spiro atoms. The maximum atomic E-state index is 13.5. The molecule has 2 aromatic carbocycles. The Kier molecular flexibility index (Phi) is 6.03. The first-order valence-electron chi connectivity index (χ1n) is 12.5. The van der Waals surface area contributed by atoms with E-state index in [1.165, 1.54) is 4.90 Å². The van der Waals surface area contributed by atoms with Crippen LogP contribution in [-0.4, -0.2) is 53.2 Å². The Balaban J connectivity index is 1.31. The molecular formula is C28H32N2O5. The van der Waals surface area contributed by atoms with E-state index < -0.39 is 17.6 Å². The fourth-order valence-corrected chi connectivity index (χ4v) is 6.37. The molecule has 2 amide bonds. The molecule has 184 valence electrons. The highest BCUT2D eigenvalue weighted by atomic mass is 16.5. The minimum Gasteiger partial charge on any atom is -0.480 e.